The van der Waals surface area contributed by atoms with Gasteiger partial charge in [0, 0.05) is 0 Å². The molecule has 0 aliphatic rings. The molecule has 0 spiro atoms. The van der Waals surface area contributed by atoms with Gasteiger partial charge in [0.2, 0.25) is 0 Å². The number of rotatable bonds is 4. The molecule has 0 saturated carbocycles. The SMILES string of the molecule is Cc1ccc2c(-c3ccc(-c4ccccc4)cc3)c(-c3ccc(-c4ccccc4)cc3)c3ccc(C)cc3c2c1. The maximum Gasteiger partial charge on any atom is -0.00203 e. The second-order valence-electron chi connectivity index (χ2n) is 10.7. The highest BCUT2D eigenvalue weighted by Gasteiger charge is 2.18. The van der Waals surface area contributed by atoms with Crippen molar-refractivity contribution in [1.29, 1.82) is 0 Å². The van der Waals surface area contributed by atoms with Crippen molar-refractivity contribution >= 4 is 21.5 Å². The van der Waals surface area contributed by atoms with Gasteiger partial charge in [-0.1, -0.05) is 157 Å². The van der Waals surface area contributed by atoms with Crippen LogP contribution in [0.3, 0.4) is 0 Å². The summed E-state index contributed by atoms with van der Waals surface area (Å²) in [4.78, 5) is 0. The minimum atomic E-state index is 1.23. The van der Waals surface area contributed by atoms with Gasteiger partial charge in [-0.3, -0.25) is 0 Å². The summed E-state index contributed by atoms with van der Waals surface area (Å²) in [5.41, 5.74) is 12.5. The lowest BCUT2D eigenvalue weighted by Gasteiger charge is -2.20. The summed E-state index contributed by atoms with van der Waals surface area (Å²) in [5, 5.41) is 5.20. The average molecular weight is 511 g/mol. The third-order valence-electron chi connectivity index (χ3n) is 7.99. The lowest BCUT2D eigenvalue weighted by atomic mass is 9.83. The van der Waals surface area contributed by atoms with E-state index < -0.39 is 0 Å². The lowest BCUT2D eigenvalue weighted by Crippen LogP contribution is -1.93. The van der Waals surface area contributed by atoms with E-state index in [1.807, 2.05) is 0 Å². The quantitative estimate of drug-likeness (QED) is 0.207. The molecule has 0 aliphatic heterocycles. The van der Waals surface area contributed by atoms with Gasteiger partial charge in [0.05, 0.1) is 0 Å². The zero-order valence-electron chi connectivity index (χ0n) is 22.9. The van der Waals surface area contributed by atoms with Gasteiger partial charge >= 0.3 is 0 Å². The van der Waals surface area contributed by atoms with Crippen LogP contribution in [0.4, 0.5) is 0 Å². The molecule has 0 saturated heterocycles. The van der Waals surface area contributed by atoms with Crippen LogP contribution in [0, 0.1) is 13.8 Å². The standard InChI is InChI=1S/C40H30/c1-27-13-23-35-37(25-27)38-26-28(2)14-24-36(38)40(34-21-17-32(18-22-34)30-11-7-4-8-12-30)39(35)33-19-15-31(16-20-33)29-9-5-3-6-10-29/h3-26H,1-2H3. The Morgan fingerprint density at radius 2 is 0.600 bits per heavy atom. The Hall–Kier alpha value is -4.94. The van der Waals surface area contributed by atoms with Crippen molar-refractivity contribution in [3.05, 3.63) is 157 Å². The van der Waals surface area contributed by atoms with Gasteiger partial charge in [0.15, 0.2) is 0 Å². The first-order chi connectivity index (χ1) is 19.7. The van der Waals surface area contributed by atoms with Crippen molar-refractivity contribution in [3.63, 3.8) is 0 Å². The molecule has 7 aromatic carbocycles. The summed E-state index contributed by atoms with van der Waals surface area (Å²) in [5.74, 6) is 0. The fourth-order valence-electron chi connectivity index (χ4n) is 5.99. The second-order valence-corrected chi connectivity index (χ2v) is 10.7. The van der Waals surface area contributed by atoms with E-state index in [1.54, 1.807) is 0 Å². The van der Waals surface area contributed by atoms with Gasteiger partial charge in [-0.05, 0) is 79.9 Å². The van der Waals surface area contributed by atoms with Gasteiger partial charge in [0.1, 0.15) is 0 Å². The van der Waals surface area contributed by atoms with Crippen LogP contribution >= 0.6 is 0 Å². The first-order valence-corrected chi connectivity index (χ1v) is 13.9. The Kier molecular flexibility index (Phi) is 6.02. The number of aryl methyl sites for hydroxylation is 2. The Bertz CT molecular complexity index is 1810. The molecule has 0 N–H and O–H groups in total. The molecule has 0 nitrogen and oxygen atoms in total. The van der Waals surface area contributed by atoms with Gasteiger partial charge in [-0.2, -0.15) is 0 Å². The van der Waals surface area contributed by atoms with Crippen molar-refractivity contribution in [2.24, 2.45) is 0 Å². The third-order valence-corrected chi connectivity index (χ3v) is 7.99. The van der Waals surface area contributed by atoms with Gasteiger partial charge < -0.3 is 0 Å². The third kappa shape index (κ3) is 4.28. The molecule has 0 aliphatic carbocycles. The molecule has 0 heterocycles. The molecular formula is C40H30. The molecular weight excluding hydrogens is 480 g/mol. The maximum atomic E-state index is 2.35. The smallest absolute Gasteiger partial charge is 0.00203 e. The van der Waals surface area contributed by atoms with E-state index in [0.717, 1.165) is 0 Å². The molecule has 0 heteroatoms. The van der Waals surface area contributed by atoms with Crippen molar-refractivity contribution in [3.8, 4) is 44.5 Å². The second kappa shape index (κ2) is 9.98. The van der Waals surface area contributed by atoms with Crippen molar-refractivity contribution < 1.29 is 0 Å². The highest BCUT2D eigenvalue weighted by atomic mass is 14.2. The zero-order valence-corrected chi connectivity index (χ0v) is 22.9. The summed E-state index contributed by atoms with van der Waals surface area (Å²) < 4.78 is 0. The van der Waals surface area contributed by atoms with Crippen LogP contribution in [-0.2, 0) is 0 Å². The van der Waals surface area contributed by atoms with Gasteiger partial charge in [-0.25, -0.2) is 0 Å². The monoisotopic (exact) mass is 510 g/mol. The minimum absolute atomic E-state index is 1.23. The highest BCUT2D eigenvalue weighted by Crippen LogP contribution is 2.45. The fraction of sp³-hybridized carbons (Fsp3) is 0.0500. The summed E-state index contributed by atoms with van der Waals surface area (Å²) in [6, 6.07) is 53.2. The van der Waals surface area contributed by atoms with E-state index in [2.05, 4.69) is 159 Å². The molecule has 0 radical (unpaired) electrons. The molecule has 0 bridgehead atoms. The molecule has 190 valence electrons. The van der Waals surface area contributed by atoms with Crippen LogP contribution in [0.1, 0.15) is 11.1 Å². The summed E-state index contributed by atoms with van der Waals surface area (Å²) >= 11 is 0. The zero-order chi connectivity index (χ0) is 27.1. The predicted molar refractivity (Wildman–Crippen MR) is 173 cm³/mol. The molecule has 0 unspecified atom stereocenters. The number of hydrogen-bond donors (Lipinski definition) is 0. The number of benzene rings is 7. The molecule has 0 aromatic heterocycles. The normalized spacial score (nSPS) is 11.2. The Balaban J connectivity index is 1.51. The van der Waals surface area contributed by atoms with Gasteiger partial charge in [-0.15, -0.1) is 0 Å². The minimum Gasteiger partial charge on any atom is -0.0622 e. The van der Waals surface area contributed by atoms with Crippen LogP contribution in [0.5, 0.6) is 0 Å². The average Bonchev–Trinajstić information content (AvgIpc) is 3.01. The lowest BCUT2D eigenvalue weighted by molar-refractivity contribution is 1.49. The molecule has 7 rings (SSSR count). The summed E-state index contributed by atoms with van der Waals surface area (Å²) in [7, 11) is 0. The molecule has 7 aromatic rings. The van der Waals surface area contributed by atoms with Crippen molar-refractivity contribution in [1.82, 2.24) is 0 Å². The van der Waals surface area contributed by atoms with Crippen LogP contribution < -0.4 is 0 Å². The Labute approximate surface area is 236 Å². The van der Waals surface area contributed by atoms with Crippen LogP contribution in [-0.4, -0.2) is 0 Å². The largest absolute Gasteiger partial charge is 0.0622 e. The van der Waals surface area contributed by atoms with Crippen LogP contribution in [0.25, 0.3) is 66.1 Å². The topological polar surface area (TPSA) is 0 Å². The van der Waals surface area contributed by atoms with E-state index in [-0.39, 0.29) is 0 Å². The number of fused-ring (bicyclic) bond motifs is 3. The van der Waals surface area contributed by atoms with E-state index in [1.165, 1.54) is 77.2 Å². The van der Waals surface area contributed by atoms with Crippen molar-refractivity contribution in [2.75, 3.05) is 0 Å². The first kappa shape index (κ1) is 24.1. The molecule has 0 atom stereocenters. The van der Waals surface area contributed by atoms with E-state index in [0.29, 0.717) is 0 Å². The fourth-order valence-corrected chi connectivity index (χ4v) is 5.99. The first-order valence-electron chi connectivity index (χ1n) is 13.9. The Morgan fingerprint density at radius 1 is 0.275 bits per heavy atom. The maximum absolute atomic E-state index is 2.35. The highest BCUT2D eigenvalue weighted by molar-refractivity contribution is 6.21. The molecule has 0 fully saturated rings. The van der Waals surface area contributed by atoms with Crippen LogP contribution in [0.2, 0.25) is 0 Å². The van der Waals surface area contributed by atoms with Crippen LogP contribution in [0.15, 0.2) is 146 Å². The summed E-state index contributed by atoms with van der Waals surface area (Å²) in [6.07, 6.45) is 0. The molecule has 40 heavy (non-hydrogen) atoms. The van der Waals surface area contributed by atoms with E-state index >= 15 is 0 Å². The number of hydrogen-bond acceptors (Lipinski definition) is 0. The summed E-state index contributed by atoms with van der Waals surface area (Å²) in [6.45, 7) is 4.37. The van der Waals surface area contributed by atoms with E-state index in [4.69, 9.17) is 0 Å². The molecule has 0 amide bonds. The van der Waals surface area contributed by atoms with E-state index in [9.17, 15) is 0 Å². The van der Waals surface area contributed by atoms with Gasteiger partial charge in [0.25, 0.3) is 0 Å². The predicted octanol–water partition coefficient (Wildman–Crippen LogP) is 11.3. The van der Waals surface area contributed by atoms with Crippen molar-refractivity contribution in [2.45, 2.75) is 13.8 Å². The Morgan fingerprint density at radius 3 is 0.975 bits per heavy atom.